The third-order valence-corrected chi connectivity index (χ3v) is 6.98. The van der Waals surface area contributed by atoms with Gasteiger partial charge in [-0.05, 0) is 64.2 Å². The number of phenolic OH excluding ortho intramolecular Hbond substituents is 1. The van der Waals surface area contributed by atoms with Gasteiger partial charge in [0.05, 0.1) is 17.6 Å². The van der Waals surface area contributed by atoms with E-state index in [1.165, 1.54) is 36.2 Å². The van der Waals surface area contributed by atoms with E-state index < -0.39 is 0 Å². The third kappa shape index (κ3) is 3.60. The highest BCUT2D eigenvalue weighted by Gasteiger charge is 2.43. The fraction of sp³-hybridized carbons (Fsp3) is 0.409. The molecule has 0 amide bonds. The lowest BCUT2D eigenvalue weighted by molar-refractivity contribution is 0.124. The Morgan fingerprint density at radius 3 is 2.66 bits per heavy atom. The molecule has 2 aromatic heterocycles. The van der Waals surface area contributed by atoms with E-state index in [1.807, 2.05) is 22.9 Å². The van der Waals surface area contributed by atoms with Crippen LogP contribution in [0.3, 0.4) is 0 Å². The quantitative estimate of drug-likeness (QED) is 0.665. The summed E-state index contributed by atoms with van der Waals surface area (Å²) in [5.74, 6) is 0.197. The molecule has 5 rings (SSSR count). The van der Waals surface area contributed by atoms with Crippen LogP contribution in [0.15, 0.2) is 42.5 Å². The van der Waals surface area contributed by atoms with Crippen molar-refractivity contribution in [2.45, 2.75) is 57.0 Å². The summed E-state index contributed by atoms with van der Waals surface area (Å²) in [5, 5.41) is 24.8. The Bertz CT molecular complexity index is 1050. The van der Waals surface area contributed by atoms with Gasteiger partial charge in [-0.15, -0.1) is 10.2 Å². The van der Waals surface area contributed by atoms with Crippen LogP contribution in [-0.4, -0.2) is 35.9 Å². The molecule has 3 aromatic rings. The standard InChI is InChI=1S/C22H25N5OS/c1-21-6-3-7-22(2,26-21)13-15(12-21)10-19-24-25-20(29-19)17-5-4-16(11-18(17)28)27-9-8-23-14-27/h4-5,8-11,14,26,28H,3,6-7,12-13H2,1-2H3/b15-10-/t21-,22+/m0/s1. The first kappa shape index (κ1) is 18.5. The molecule has 4 heterocycles. The van der Waals surface area contributed by atoms with Crippen LogP contribution in [0.1, 0.15) is 51.0 Å². The Morgan fingerprint density at radius 2 is 1.97 bits per heavy atom. The van der Waals surface area contributed by atoms with Gasteiger partial charge in [-0.3, -0.25) is 0 Å². The van der Waals surface area contributed by atoms with Gasteiger partial charge in [0, 0.05) is 29.5 Å². The highest BCUT2D eigenvalue weighted by molar-refractivity contribution is 7.15. The summed E-state index contributed by atoms with van der Waals surface area (Å²) >= 11 is 1.52. The van der Waals surface area contributed by atoms with E-state index in [0.717, 1.165) is 28.5 Å². The van der Waals surface area contributed by atoms with Crippen LogP contribution in [0.5, 0.6) is 5.75 Å². The monoisotopic (exact) mass is 407 g/mol. The van der Waals surface area contributed by atoms with Gasteiger partial charge in [-0.25, -0.2) is 4.98 Å². The Labute approximate surface area is 174 Å². The fourth-order valence-corrected chi connectivity index (χ4v) is 5.87. The smallest absolute Gasteiger partial charge is 0.151 e. The van der Waals surface area contributed by atoms with Crippen LogP contribution in [0, 0.1) is 0 Å². The first-order valence-electron chi connectivity index (χ1n) is 10.1. The molecule has 150 valence electrons. The zero-order chi connectivity index (χ0) is 20.1. The van der Waals surface area contributed by atoms with Crippen LogP contribution in [0.25, 0.3) is 22.3 Å². The van der Waals surface area contributed by atoms with Crippen LogP contribution >= 0.6 is 11.3 Å². The molecule has 2 aliphatic rings. The average Bonchev–Trinajstić information content (AvgIpc) is 3.32. The van der Waals surface area contributed by atoms with Crippen molar-refractivity contribution in [1.29, 1.82) is 0 Å². The molecule has 1 aromatic carbocycles. The van der Waals surface area contributed by atoms with Crippen LogP contribution in [0.4, 0.5) is 0 Å². The van der Waals surface area contributed by atoms with Crippen molar-refractivity contribution in [1.82, 2.24) is 25.1 Å². The maximum absolute atomic E-state index is 10.5. The molecule has 0 unspecified atom stereocenters. The molecule has 2 N–H and O–H groups in total. The normalized spacial score (nSPS) is 28.0. The van der Waals surface area contributed by atoms with Crippen LogP contribution in [0.2, 0.25) is 0 Å². The molecule has 2 bridgehead atoms. The summed E-state index contributed by atoms with van der Waals surface area (Å²) in [6.07, 6.45) is 13.3. The predicted molar refractivity (Wildman–Crippen MR) is 115 cm³/mol. The van der Waals surface area contributed by atoms with Gasteiger partial charge in [0.25, 0.3) is 0 Å². The highest BCUT2D eigenvalue weighted by Crippen LogP contribution is 2.43. The van der Waals surface area contributed by atoms with E-state index in [1.54, 1.807) is 18.6 Å². The molecule has 0 saturated carbocycles. The summed E-state index contributed by atoms with van der Waals surface area (Å²) in [5.41, 5.74) is 3.38. The number of aromatic nitrogens is 4. The topological polar surface area (TPSA) is 75.9 Å². The molecule has 2 aliphatic heterocycles. The summed E-state index contributed by atoms with van der Waals surface area (Å²) < 4.78 is 1.86. The van der Waals surface area contributed by atoms with Crippen molar-refractivity contribution in [3.63, 3.8) is 0 Å². The van der Waals surface area contributed by atoms with Gasteiger partial charge in [0.1, 0.15) is 10.8 Å². The lowest BCUT2D eigenvalue weighted by atomic mass is 9.69. The number of aromatic hydroxyl groups is 1. The van der Waals surface area contributed by atoms with Crippen LogP contribution in [-0.2, 0) is 0 Å². The van der Waals surface area contributed by atoms with E-state index in [-0.39, 0.29) is 16.8 Å². The minimum atomic E-state index is 0.187. The minimum Gasteiger partial charge on any atom is -0.507 e. The van der Waals surface area contributed by atoms with Gasteiger partial charge in [0.15, 0.2) is 5.01 Å². The Balaban J connectivity index is 1.41. The number of phenols is 1. The predicted octanol–water partition coefficient (Wildman–Crippen LogP) is 4.56. The van der Waals surface area contributed by atoms with Crippen LogP contribution < -0.4 is 5.32 Å². The lowest BCUT2D eigenvalue weighted by Gasteiger charge is -2.51. The number of fused-ring (bicyclic) bond motifs is 2. The van der Waals surface area contributed by atoms with Crippen molar-refractivity contribution in [3.05, 3.63) is 47.5 Å². The first-order chi connectivity index (χ1) is 13.9. The Kier molecular flexibility index (Phi) is 4.33. The summed E-state index contributed by atoms with van der Waals surface area (Å²) in [6, 6.07) is 5.57. The molecule has 2 fully saturated rings. The molecule has 7 heteroatoms. The summed E-state index contributed by atoms with van der Waals surface area (Å²) in [7, 11) is 0. The fourth-order valence-electron chi connectivity index (χ4n) is 5.00. The molecule has 2 atom stereocenters. The SMILES string of the molecule is C[C@]12CCC[C@](C)(C/C(=C\c3nnc(-c4ccc(-n5ccnc5)cc4O)s3)C1)N2. The van der Waals surface area contributed by atoms with Crippen molar-refractivity contribution in [3.8, 4) is 22.0 Å². The molecule has 29 heavy (non-hydrogen) atoms. The second-order valence-electron chi connectivity index (χ2n) is 8.87. The number of piperidine rings is 2. The Hall–Kier alpha value is -2.51. The van der Waals surface area contributed by atoms with Gasteiger partial charge >= 0.3 is 0 Å². The van der Waals surface area contributed by atoms with Gasteiger partial charge in [0.2, 0.25) is 0 Å². The van der Waals surface area contributed by atoms with E-state index in [4.69, 9.17) is 0 Å². The zero-order valence-corrected chi connectivity index (χ0v) is 17.5. The molecule has 0 spiro atoms. The van der Waals surface area contributed by atoms with Gasteiger partial charge in [-0.2, -0.15) is 0 Å². The molecular weight excluding hydrogens is 382 g/mol. The lowest BCUT2D eigenvalue weighted by Crippen LogP contribution is -2.61. The van der Waals surface area contributed by atoms with Crippen molar-refractivity contribution in [2.24, 2.45) is 0 Å². The van der Waals surface area contributed by atoms with Crippen molar-refractivity contribution in [2.75, 3.05) is 0 Å². The summed E-state index contributed by atoms with van der Waals surface area (Å²) in [6.45, 7) is 4.67. The van der Waals surface area contributed by atoms with E-state index in [0.29, 0.717) is 5.56 Å². The molecule has 6 nitrogen and oxygen atoms in total. The van der Waals surface area contributed by atoms with Gasteiger partial charge in [-0.1, -0.05) is 16.9 Å². The summed E-state index contributed by atoms with van der Waals surface area (Å²) in [4.78, 5) is 4.05. The Morgan fingerprint density at radius 1 is 1.17 bits per heavy atom. The number of nitrogens with zero attached hydrogens (tertiary/aromatic N) is 4. The maximum Gasteiger partial charge on any atom is 0.151 e. The molecule has 0 radical (unpaired) electrons. The highest BCUT2D eigenvalue weighted by atomic mass is 32.1. The second kappa shape index (κ2) is 6.78. The third-order valence-electron chi connectivity index (χ3n) is 6.08. The van der Waals surface area contributed by atoms with E-state index in [9.17, 15) is 5.11 Å². The van der Waals surface area contributed by atoms with E-state index >= 15 is 0 Å². The maximum atomic E-state index is 10.5. The molecule has 0 aliphatic carbocycles. The van der Waals surface area contributed by atoms with Crippen molar-refractivity contribution >= 4 is 17.4 Å². The number of benzene rings is 1. The number of rotatable bonds is 3. The zero-order valence-electron chi connectivity index (χ0n) is 16.7. The number of imidazole rings is 1. The number of hydrogen-bond donors (Lipinski definition) is 2. The minimum absolute atomic E-state index is 0.187. The van der Waals surface area contributed by atoms with Gasteiger partial charge < -0.3 is 15.0 Å². The number of nitrogens with one attached hydrogen (secondary N) is 1. The second-order valence-corrected chi connectivity index (χ2v) is 9.88. The van der Waals surface area contributed by atoms with E-state index in [2.05, 4.69) is 40.4 Å². The average molecular weight is 408 g/mol. The first-order valence-corrected chi connectivity index (χ1v) is 10.9. The largest absolute Gasteiger partial charge is 0.507 e. The van der Waals surface area contributed by atoms with Crippen molar-refractivity contribution < 1.29 is 5.11 Å². The molecule has 2 saturated heterocycles. The number of hydrogen-bond acceptors (Lipinski definition) is 6. The molecular formula is C22H25N5OS.